The minimum atomic E-state index is -0.211. The van der Waals surface area contributed by atoms with Gasteiger partial charge in [0.05, 0.1) is 17.0 Å². The number of hydrogen-bond donors (Lipinski definition) is 2. The van der Waals surface area contributed by atoms with Gasteiger partial charge in [0.25, 0.3) is 0 Å². The molecule has 0 saturated heterocycles. The molecule has 1 aromatic rings. The number of aromatic nitrogens is 1. The fourth-order valence-electron chi connectivity index (χ4n) is 1.41. The van der Waals surface area contributed by atoms with Gasteiger partial charge < -0.3 is 10.6 Å². The van der Waals surface area contributed by atoms with Crippen molar-refractivity contribution in [3.8, 4) is 0 Å². The zero-order chi connectivity index (χ0) is 13.1. The lowest BCUT2D eigenvalue weighted by Crippen LogP contribution is -2.34. The maximum absolute atomic E-state index is 7.52. The van der Waals surface area contributed by atoms with Crippen LogP contribution in [0.2, 0.25) is 0 Å². The van der Waals surface area contributed by atoms with Crippen molar-refractivity contribution in [3.63, 3.8) is 0 Å². The highest BCUT2D eigenvalue weighted by molar-refractivity contribution is 7.09. The highest BCUT2D eigenvalue weighted by Crippen LogP contribution is 2.21. The first-order valence-corrected chi connectivity index (χ1v) is 6.63. The van der Waals surface area contributed by atoms with Gasteiger partial charge in [-0.3, -0.25) is 5.41 Å². The van der Waals surface area contributed by atoms with E-state index in [2.05, 4.69) is 16.9 Å². The molecule has 0 spiro atoms. The molecule has 0 fully saturated rings. The number of nitrogens with zero attached hydrogens (tertiary/aromatic N) is 2. The van der Waals surface area contributed by atoms with Crippen molar-refractivity contribution < 1.29 is 0 Å². The second-order valence-corrected chi connectivity index (χ2v) is 6.09. The molecule has 0 saturated carbocycles. The van der Waals surface area contributed by atoms with Crippen LogP contribution in [0.1, 0.15) is 30.8 Å². The molecule has 5 heteroatoms. The van der Waals surface area contributed by atoms with Crippen LogP contribution < -0.4 is 5.73 Å². The van der Waals surface area contributed by atoms with Crippen LogP contribution in [0.4, 0.5) is 0 Å². The highest BCUT2D eigenvalue weighted by Gasteiger charge is 2.21. The van der Waals surface area contributed by atoms with E-state index < -0.39 is 0 Å². The SMILES string of the molecule is Cc1ncsc1CN(C)CCC(C)(C)C(=N)N. The molecule has 1 rings (SSSR count). The van der Waals surface area contributed by atoms with Gasteiger partial charge in [-0.1, -0.05) is 13.8 Å². The van der Waals surface area contributed by atoms with Gasteiger partial charge in [0.15, 0.2) is 0 Å². The third-order valence-corrected chi connectivity index (χ3v) is 4.03. The zero-order valence-corrected chi connectivity index (χ0v) is 11.9. The van der Waals surface area contributed by atoms with E-state index in [-0.39, 0.29) is 11.3 Å². The van der Waals surface area contributed by atoms with Gasteiger partial charge in [-0.15, -0.1) is 11.3 Å². The number of hydrogen-bond acceptors (Lipinski definition) is 4. The van der Waals surface area contributed by atoms with E-state index in [1.54, 1.807) is 11.3 Å². The molecule has 0 atom stereocenters. The standard InChI is InChI=1S/C12H22N4S/c1-9-10(17-8-15-9)7-16(4)6-5-12(2,3)11(13)14/h8H,5-7H2,1-4H3,(H3,13,14). The highest BCUT2D eigenvalue weighted by atomic mass is 32.1. The molecule has 3 N–H and O–H groups in total. The maximum atomic E-state index is 7.52. The van der Waals surface area contributed by atoms with Crippen LogP contribution in [0.25, 0.3) is 0 Å². The van der Waals surface area contributed by atoms with Gasteiger partial charge in [-0.05, 0) is 26.9 Å². The number of nitrogens with one attached hydrogen (secondary N) is 1. The molecule has 0 aliphatic heterocycles. The molecule has 0 aliphatic rings. The molecule has 96 valence electrons. The van der Waals surface area contributed by atoms with Gasteiger partial charge in [0.2, 0.25) is 0 Å². The average molecular weight is 254 g/mol. The summed E-state index contributed by atoms with van der Waals surface area (Å²) in [7, 11) is 2.09. The molecule has 1 heterocycles. The summed E-state index contributed by atoms with van der Waals surface area (Å²) >= 11 is 1.70. The third-order valence-electron chi connectivity index (χ3n) is 3.11. The quantitative estimate of drug-likeness (QED) is 0.604. The second-order valence-electron chi connectivity index (χ2n) is 5.15. The van der Waals surface area contributed by atoms with Crippen molar-refractivity contribution in [2.75, 3.05) is 13.6 Å². The van der Waals surface area contributed by atoms with Crippen molar-refractivity contribution in [2.45, 2.75) is 33.7 Å². The minimum absolute atomic E-state index is 0.211. The lowest BCUT2D eigenvalue weighted by atomic mass is 9.88. The normalized spacial score (nSPS) is 12.1. The van der Waals surface area contributed by atoms with Crippen LogP contribution in [0, 0.1) is 17.7 Å². The van der Waals surface area contributed by atoms with Crippen molar-refractivity contribution in [1.82, 2.24) is 9.88 Å². The van der Waals surface area contributed by atoms with E-state index in [0.717, 1.165) is 25.2 Å². The summed E-state index contributed by atoms with van der Waals surface area (Å²) in [6.45, 7) is 7.93. The molecule has 0 radical (unpaired) electrons. The van der Waals surface area contributed by atoms with Gasteiger partial charge in [0.1, 0.15) is 0 Å². The Labute approximate surface area is 107 Å². The summed E-state index contributed by atoms with van der Waals surface area (Å²) in [6.07, 6.45) is 0.899. The monoisotopic (exact) mass is 254 g/mol. The van der Waals surface area contributed by atoms with E-state index in [1.807, 2.05) is 26.3 Å². The van der Waals surface area contributed by atoms with Crippen LogP contribution in [0.5, 0.6) is 0 Å². The first-order valence-electron chi connectivity index (χ1n) is 5.75. The summed E-state index contributed by atoms with van der Waals surface area (Å²) < 4.78 is 0. The Morgan fingerprint density at radius 2 is 2.24 bits per heavy atom. The molecule has 1 aromatic heterocycles. The van der Waals surface area contributed by atoms with Crippen molar-refractivity contribution in [1.29, 1.82) is 5.41 Å². The lowest BCUT2D eigenvalue weighted by Gasteiger charge is -2.26. The smallest absolute Gasteiger partial charge is 0.0963 e. The number of amidine groups is 1. The van der Waals surface area contributed by atoms with Gasteiger partial charge in [-0.2, -0.15) is 0 Å². The zero-order valence-electron chi connectivity index (χ0n) is 11.1. The van der Waals surface area contributed by atoms with E-state index in [0.29, 0.717) is 0 Å². The Hall–Kier alpha value is -0.940. The first kappa shape index (κ1) is 14.1. The van der Waals surface area contributed by atoms with Gasteiger partial charge in [0, 0.05) is 16.8 Å². The number of rotatable bonds is 6. The number of thiazole rings is 1. The van der Waals surface area contributed by atoms with Crippen molar-refractivity contribution in [2.24, 2.45) is 11.1 Å². The Kier molecular flexibility index (Phi) is 4.65. The largest absolute Gasteiger partial charge is 0.387 e. The first-order chi connectivity index (χ1) is 7.83. The molecule has 4 nitrogen and oxygen atoms in total. The molecule has 0 amide bonds. The van der Waals surface area contributed by atoms with Crippen molar-refractivity contribution in [3.05, 3.63) is 16.1 Å². The Balaban J connectivity index is 2.43. The molecule has 0 unspecified atom stereocenters. The summed E-state index contributed by atoms with van der Waals surface area (Å²) in [5, 5.41) is 7.52. The topological polar surface area (TPSA) is 66.0 Å². The predicted molar refractivity (Wildman–Crippen MR) is 73.5 cm³/mol. The Morgan fingerprint density at radius 3 is 2.71 bits per heavy atom. The Morgan fingerprint density at radius 1 is 1.59 bits per heavy atom. The Bertz CT molecular complexity index is 384. The summed E-state index contributed by atoms with van der Waals surface area (Å²) in [6, 6.07) is 0. The molecule has 17 heavy (non-hydrogen) atoms. The maximum Gasteiger partial charge on any atom is 0.0963 e. The number of nitrogens with two attached hydrogens (primary N) is 1. The molecule has 0 aliphatic carbocycles. The lowest BCUT2D eigenvalue weighted by molar-refractivity contribution is 0.285. The van der Waals surface area contributed by atoms with Gasteiger partial charge >= 0.3 is 0 Å². The van der Waals surface area contributed by atoms with E-state index in [4.69, 9.17) is 11.1 Å². The summed E-state index contributed by atoms with van der Waals surface area (Å²) in [4.78, 5) is 7.81. The van der Waals surface area contributed by atoms with Crippen LogP contribution >= 0.6 is 11.3 Å². The van der Waals surface area contributed by atoms with Crippen LogP contribution in [0.15, 0.2) is 5.51 Å². The number of aryl methyl sites for hydroxylation is 1. The predicted octanol–water partition coefficient (Wildman–Crippen LogP) is 2.24. The average Bonchev–Trinajstić information content (AvgIpc) is 2.61. The van der Waals surface area contributed by atoms with Crippen molar-refractivity contribution >= 4 is 17.2 Å². The minimum Gasteiger partial charge on any atom is -0.387 e. The van der Waals surface area contributed by atoms with E-state index in [9.17, 15) is 0 Å². The van der Waals surface area contributed by atoms with E-state index in [1.165, 1.54) is 4.88 Å². The van der Waals surface area contributed by atoms with Crippen LogP contribution in [-0.2, 0) is 6.54 Å². The fourth-order valence-corrected chi connectivity index (χ4v) is 2.26. The fraction of sp³-hybridized carbons (Fsp3) is 0.667. The summed E-state index contributed by atoms with van der Waals surface area (Å²) in [5.41, 5.74) is 8.37. The summed E-state index contributed by atoms with van der Waals surface area (Å²) in [5.74, 6) is 0.264. The van der Waals surface area contributed by atoms with Crippen LogP contribution in [0.3, 0.4) is 0 Å². The molecule has 0 bridgehead atoms. The molecule has 0 aromatic carbocycles. The van der Waals surface area contributed by atoms with E-state index >= 15 is 0 Å². The third kappa shape index (κ3) is 4.09. The van der Waals surface area contributed by atoms with Gasteiger partial charge in [-0.25, -0.2) is 4.98 Å². The molecular formula is C12H22N4S. The molecular weight excluding hydrogens is 232 g/mol. The van der Waals surface area contributed by atoms with Crippen LogP contribution in [-0.4, -0.2) is 29.3 Å². The second kappa shape index (κ2) is 5.60.